The molecule has 1 aliphatic rings. The Morgan fingerprint density at radius 2 is 2.05 bits per heavy atom. The molecular weight excluding hydrogens is 262 g/mol. The van der Waals surface area contributed by atoms with Crippen LogP contribution in [0.25, 0.3) is 0 Å². The molecule has 0 aliphatic carbocycles. The standard InChI is InChI=1S/C17H27N3O/c1-3-20(13-15-9-7-8-12-18-15)14-17(21)19(2)16-10-5-4-6-11-16/h4-6,10-11,15,18H,3,7-9,12-14H2,1-2H3. The summed E-state index contributed by atoms with van der Waals surface area (Å²) in [5.41, 5.74) is 0.953. The van der Waals surface area contributed by atoms with Crippen LogP contribution >= 0.6 is 0 Å². The second-order valence-electron chi connectivity index (χ2n) is 5.76. The van der Waals surface area contributed by atoms with Crippen molar-refractivity contribution >= 4 is 11.6 Å². The maximum absolute atomic E-state index is 12.4. The van der Waals surface area contributed by atoms with E-state index in [9.17, 15) is 4.79 Å². The van der Waals surface area contributed by atoms with Gasteiger partial charge in [0.05, 0.1) is 6.54 Å². The zero-order valence-corrected chi connectivity index (χ0v) is 13.2. The fraction of sp³-hybridized carbons (Fsp3) is 0.588. The average Bonchev–Trinajstić information content (AvgIpc) is 2.55. The van der Waals surface area contributed by atoms with Crippen LogP contribution in [-0.2, 0) is 4.79 Å². The molecule has 2 rings (SSSR count). The first-order chi connectivity index (χ1) is 10.2. The molecule has 0 aromatic heterocycles. The lowest BCUT2D eigenvalue weighted by Gasteiger charge is -2.30. The molecule has 1 aromatic rings. The van der Waals surface area contributed by atoms with Crippen LogP contribution in [-0.4, -0.2) is 50.1 Å². The number of rotatable bonds is 6. The van der Waals surface area contributed by atoms with Crippen molar-refractivity contribution in [2.45, 2.75) is 32.2 Å². The summed E-state index contributed by atoms with van der Waals surface area (Å²) in [6.45, 7) is 5.59. The molecule has 21 heavy (non-hydrogen) atoms. The van der Waals surface area contributed by atoms with Crippen LogP contribution in [0.15, 0.2) is 30.3 Å². The summed E-state index contributed by atoms with van der Waals surface area (Å²) in [5.74, 6) is 0.152. The third kappa shape index (κ3) is 4.83. The van der Waals surface area contributed by atoms with Crippen LogP contribution in [0.5, 0.6) is 0 Å². The predicted molar refractivity (Wildman–Crippen MR) is 87.6 cm³/mol. The first kappa shape index (κ1) is 16.0. The Morgan fingerprint density at radius 3 is 2.67 bits per heavy atom. The number of nitrogens with zero attached hydrogens (tertiary/aromatic N) is 2. The molecule has 116 valence electrons. The molecule has 1 atom stereocenters. The largest absolute Gasteiger partial charge is 0.314 e. The molecule has 1 aliphatic heterocycles. The minimum absolute atomic E-state index is 0.152. The molecule has 1 N–H and O–H groups in total. The van der Waals surface area contributed by atoms with Crippen LogP contribution in [0.4, 0.5) is 5.69 Å². The first-order valence-electron chi connectivity index (χ1n) is 7.98. The average molecular weight is 289 g/mol. The number of para-hydroxylation sites is 1. The van der Waals surface area contributed by atoms with E-state index in [2.05, 4.69) is 17.1 Å². The zero-order valence-electron chi connectivity index (χ0n) is 13.2. The van der Waals surface area contributed by atoms with Crippen LogP contribution in [0.2, 0.25) is 0 Å². The lowest BCUT2D eigenvalue weighted by Crippen LogP contribution is -2.47. The van der Waals surface area contributed by atoms with E-state index < -0.39 is 0 Å². The van der Waals surface area contributed by atoms with E-state index in [4.69, 9.17) is 0 Å². The molecule has 0 spiro atoms. The second-order valence-corrected chi connectivity index (χ2v) is 5.76. The van der Waals surface area contributed by atoms with Crippen molar-refractivity contribution in [3.63, 3.8) is 0 Å². The van der Waals surface area contributed by atoms with E-state index in [1.54, 1.807) is 4.90 Å². The number of piperidine rings is 1. The molecule has 1 amide bonds. The van der Waals surface area contributed by atoms with Crippen LogP contribution in [0.3, 0.4) is 0 Å². The van der Waals surface area contributed by atoms with Crippen molar-refractivity contribution in [3.8, 4) is 0 Å². The highest BCUT2D eigenvalue weighted by atomic mass is 16.2. The van der Waals surface area contributed by atoms with Crippen molar-refractivity contribution in [3.05, 3.63) is 30.3 Å². The molecule has 1 unspecified atom stereocenters. The van der Waals surface area contributed by atoms with Gasteiger partial charge in [0, 0.05) is 25.3 Å². The van der Waals surface area contributed by atoms with Crippen LogP contribution in [0.1, 0.15) is 26.2 Å². The molecule has 1 aromatic carbocycles. The van der Waals surface area contributed by atoms with Gasteiger partial charge in [-0.2, -0.15) is 0 Å². The number of benzene rings is 1. The lowest BCUT2D eigenvalue weighted by molar-refractivity contribution is -0.119. The van der Waals surface area contributed by atoms with Crippen molar-refractivity contribution in [1.29, 1.82) is 0 Å². The van der Waals surface area contributed by atoms with Crippen molar-refractivity contribution in [1.82, 2.24) is 10.2 Å². The Kier molecular flexibility index (Phi) is 6.21. The molecule has 0 saturated carbocycles. The van der Waals surface area contributed by atoms with Gasteiger partial charge in [0.25, 0.3) is 0 Å². The summed E-state index contributed by atoms with van der Waals surface area (Å²) in [4.78, 5) is 16.4. The summed E-state index contributed by atoms with van der Waals surface area (Å²) in [7, 11) is 1.85. The minimum Gasteiger partial charge on any atom is -0.314 e. The normalized spacial score (nSPS) is 18.7. The van der Waals surface area contributed by atoms with Gasteiger partial charge in [0.1, 0.15) is 0 Å². The Bertz CT molecular complexity index is 429. The minimum atomic E-state index is 0.152. The van der Waals surface area contributed by atoms with Crippen molar-refractivity contribution in [2.24, 2.45) is 0 Å². The number of amides is 1. The fourth-order valence-electron chi connectivity index (χ4n) is 2.79. The maximum atomic E-state index is 12.4. The van der Waals surface area contributed by atoms with Crippen molar-refractivity contribution < 1.29 is 4.79 Å². The van der Waals surface area contributed by atoms with Gasteiger partial charge in [-0.15, -0.1) is 0 Å². The van der Waals surface area contributed by atoms with Gasteiger partial charge in [0.15, 0.2) is 0 Å². The zero-order chi connectivity index (χ0) is 15.1. The number of carbonyl (C=O) groups excluding carboxylic acids is 1. The van der Waals surface area contributed by atoms with Gasteiger partial charge in [-0.1, -0.05) is 31.5 Å². The first-order valence-corrected chi connectivity index (χ1v) is 7.98. The molecule has 1 saturated heterocycles. The molecule has 1 heterocycles. The van der Waals surface area contributed by atoms with Gasteiger partial charge < -0.3 is 10.2 Å². The number of hydrogen-bond donors (Lipinski definition) is 1. The summed E-state index contributed by atoms with van der Waals surface area (Å²) in [6.07, 6.45) is 3.80. The lowest BCUT2D eigenvalue weighted by atomic mass is 10.0. The number of hydrogen-bond acceptors (Lipinski definition) is 3. The molecular formula is C17H27N3O. The van der Waals surface area contributed by atoms with E-state index in [1.807, 2.05) is 37.4 Å². The second kappa shape index (κ2) is 8.15. The maximum Gasteiger partial charge on any atom is 0.240 e. The fourth-order valence-corrected chi connectivity index (χ4v) is 2.79. The monoisotopic (exact) mass is 289 g/mol. The summed E-state index contributed by atoms with van der Waals surface area (Å²) >= 11 is 0. The van der Waals surface area contributed by atoms with E-state index >= 15 is 0 Å². The molecule has 0 radical (unpaired) electrons. The van der Waals surface area contributed by atoms with Gasteiger partial charge in [-0.3, -0.25) is 9.69 Å². The highest BCUT2D eigenvalue weighted by molar-refractivity contribution is 5.94. The Morgan fingerprint density at radius 1 is 1.29 bits per heavy atom. The molecule has 0 bridgehead atoms. The van der Waals surface area contributed by atoms with E-state index in [0.717, 1.165) is 25.3 Å². The topological polar surface area (TPSA) is 35.6 Å². The highest BCUT2D eigenvalue weighted by Gasteiger charge is 2.19. The van der Waals surface area contributed by atoms with Gasteiger partial charge >= 0.3 is 0 Å². The summed E-state index contributed by atoms with van der Waals surface area (Å²) < 4.78 is 0. The molecule has 4 nitrogen and oxygen atoms in total. The number of nitrogens with one attached hydrogen (secondary N) is 1. The highest BCUT2D eigenvalue weighted by Crippen LogP contribution is 2.12. The number of carbonyl (C=O) groups is 1. The SMILES string of the molecule is CCN(CC(=O)N(C)c1ccccc1)CC1CCCCN1. The Hall–Kier alpha value is -1.39. The van der Waals surface area contributed by atoms with E-state index in [0.29, 0.717) is 12.6 Å². The summed E-state index contributed by atoms with van der Waals surface area (Å²) in [6, 6.07) is 10.4. The quantitative estimate of drug-likeness (QED) is 0.871. The Balaban J connectivity index is 1.86. The third-order valence-electron chi connectivity index (χ3n) is 4.21. The third-order valence-corrected chi connectivity index (χ3v) is 4.21. The van der Waals surface area contributed by atoms with Crippen LogP contribution < -0.4 is 10.2 Å². The van der Waals surface area contributed by atoms with Crippen molar-refractivity contribution in [2.75, 3.05) is 38.1 Å². The van der Waals surface area contributed by atoms with E-state index in [1.165, 1.54) is 19.3 Å². The summed E-state index contributed by atoms with van der Waals surface area (Å²) in [5, 5.41) is 3.55. The predicted octanol–water partition coefficient (Wildman–Crippen LogP) is 2.11. The van der Waals surface area contributed by atoms with E-state index in [-0.39, 0.29) is 5.91 Å². The smallest absolute Gasteiger partial charge is 0.240 e. The Labute approximate surface area is 128 Å². The molecule has 1 fully saturated rings. The van der Waals surface area contributed by atoms with Gasteiger partial charge in [-0.05, 0) is 38.1 Å². The molecule has 4 heteroatoms. The van der Waals surface area contributed by atoms with Crippen LogP contribution in [0, 0.1) is 0 Å². The number of anilines is 1. The van der Waals surface area contributed by atoms with Gasteiger partial charge in [-0.25, -0.2) is 0 Å². The van der Waals surface area contributed by atoms with Gasteiger partial charge in [0.2, 0.25) is 5.91 Å². The number of likely N-dealkylation sites (N-methyl/N-ethyl adjacent to an activating group) is 2.